The van der Waals surface area contributed by atoms with Crippen LogP contribution in [0.3, 0.4) is 0 Å². The maximum absolute atomic E-state index is 11.9. The first kappa shape index (κ1) is 15.8. The van der Waals surface area contributed by atoms with Crippen LogP contribution < -0.4 is 0 Å². The van der Waals surface area contributed by atoms with Gasteiger partial charge in [-0.15, -0.1) is 0 Å². The Morgan fingerprint density at radius 2 is 2.10 bits per heavy atom. The van der Waals surface area contributed by atoms with Gasteiger partial charge in [0.25, 0.3) is 0 Å². The maximum Gasteiger partial charge on any atom is 0.307 e. The van der Waals surface area contributed by atoms with E-state index in [1.807, 2.05) is 6.92 Å². The third-order valence-electron chi connectivity index (χ3n) is 4.72. The van der Waals surface area contributed by atoms with Crippen LogP contribution in [0.15, 0.2) is 0 Å². The van der Waals surface area contributed by atoms with Crippen molar-refractivity contribution in [2.24, 2.45) is 11.8 Å². The zero-order valence-electron chi connectivity index (χ0n) is 13.0. The van der Waals surface area contributed by atoms with Crippen molar-refractivity contribution >= 4 is 5.97 Å². The molecule has 0 aromatic heterocycles. The molecule has 0 radical (unpaired) electrons. The highest BCUT2D eigenvalue weighted by atomic mass is 16.5. The predicted octanol–water partition coefficient (Wildman–Crippen LogP) is 2.47. The number of morpholine rings is 1. The number of hydrogen-bond acceptors (Lipinski definition) is 4. The molecule has 0 spiro atoms. The molecule has 0 amide bonds. The third kappa shape index (κ3) is 4.45. The van der Waals surface area contributed by atoms with Gasteiger partial charge in [0.2, 0.25) is 0 Å². The van der Waals surface area contributed by atoms with Gasteiger partial charge in [-0.05, 0) is 31.6 Å². The van der Waals surface area contributed by atoms with E-state index in [-0.39, 0.29) is 5.97 Å². The molecule has 0 aromatic carbocycles. The van der Waals surface area contributed by atoms with E-state index in [4.69, 9.17) is 9.47 Å². The molecule has 3 unspecified atom stereocenters. The van der Waals surface area contributed by atoms with E-state index in [1.165, 1.54) is 25.7 Å². The van der Waals surface area contributed by atoms with E-state index in [0.717, 1.165) is 32.2 Å². The molecular formula is C16H29NO3. The van der Waals surface area contributed by atoms with Gasteiger partial charge in [0.1, 0.15) is 0 Å². The molecule has 2 fully saturated rings. The summed E-state index contributed by atoms with van der Waals surface area (Å²) in [6, 6.07) is 0.348. The summed E-state index contributed by atoms with van der Waals surface area (Å²) in [5, 5.41) is 0. The Morgan fingerprint density at radius 1 is 1.35 bits per heavy atom. The SMILES string of the molecule is CCOC(=O)CC(C1CCCC(C)C1)N1CCOCC1. The topological polar surface area (TPSA) is 38.8 Å². The molecular weight excluding hydrogens is 254 g/mol. The maximum atomic E-state index is 11.9. The summed E-state index contributed by atoms with van der Waals surface area (Å²) in [6.07, 6.45) is 5.69. The van der Waals surface area contributed by atoms with Crippen molar-refractivity contribution in [2.75, 3.05) is 32.9 Å². The van der Waals surface area contributed by atoms with Gasteiger partial charge in [0.05, 0.1) is 26.2 Å². The molecule has 4 nitrogen and oxygen atoms in total. The van der Waals surface area contributed by atoms with Gasteiger partial charge < -0.3 is 9.47 Å². The van der Waals surface area contributed by atoms with Crippen molar-refractivity contribution in [3.05, 3.63) is 0 Å². The fraction of sp³-hybridized carbons (Fsp3) is 0.938. The molecule has 0 aromatic rings. The monoisotopic (exact) mass is 283 g/mol. The predicted molar refractivity (Wildman–Crippen MR) is 78.6 cm³/mol. The molecule has 1 saturated heterocycles. The van der Waals surface area contributed by atoms with E-state index in [9.17, 15) is 4.79 Å². The molecule has 1 saturated carbocycles. The molecule has 0 bridgehead atoms. The number of rotatable bonds is 5. The van der Waals surface area contributed by atoms with Crippen LogP contribution in [0.2, 0.25) is 0 Å². The van der Waals surface area contributed by atoms with Crippen LogP contribution in [0.4, 0.5) is 0 Å². The smallest absolute Gasteiger partial charge is 0.307 e. The number of hydrogen-bond donors (Lipinski definition) is 0. The van der Waals surface area contributed by atoms with Crippen LogP contribution in [-0.2, 0) is 14.3 Å². The fourth-order valence-electron chi connectivity index (χ4n) is 3.72. The van der Waals surface area contributed by atoms with Gasteiger partial charge >= 0.3 is 5.97 Å². The molecule has 1 aliphatic heterocycles. The number of carbonyl (C=O) groups is 1. The second kappa shape index (κ2) is 7.99. The van der Waals surface area contributed by atoms with Crippen molar-refractivity contribution < 1.29 is 14.3 Å². The van der Waals surface area contributed by atoms with E-state index < -0.39 is 0 Å². The lowest BCUT2D eigenvalue weighted by molar-refractivity contribution is -0.146. The average molecular weight is 283 g/mol. The number of ether oxygens (including phenoxy) is 2. The number of nitrogens with zero attached hydrogens (tertiary/aromatic N) is 1. The van der Waals surface area contributed by atoms with Crippen LogP contribution in [-0.4, -0.2) is 49.8 Å². The quantitative estimate of drug-likeness (QED) is 0.727. The average Bonchev–Trinajstić information content (AvgIpc) is 2.46. The lowest BCUT2D eigenvalue weighted by Crippen LogP contribution is -2.48. The Morgan fingerprint density at radius 3 is 2.75 bits per heavy atom. The standard InChI is InChI=1S/C16H29NO3/c1-3-20-16(18)12-15(17-7-9-19-10-8-17)14-6-4-5-13(2)11-14/h13-15H,3-12H2,1-2H3. The molecule has 2 rings (SSSR count). The van der Waals surface area contributed by atoms with E-state index in [0.29, 0.717) is 25.0 Å². The minimum Gasteiger partial charge on any atom is -0.466 e. The molecule has 0 N–H and O–H groups in total. The Bertz CT molecular complexity index is 302. The summed E-state index contributed by atoms with van der Waals surface area (Å²) in [5.74, 6) is 1.39. The van der Waals surface area contributed by atoms with Gasteiger partial charge in [0, 0.05) is 19.1 Å². The van der Waals surface area contributed by atoms with E-state index in [2.05, 4.69) is 11.8 Å². The zero-order valence-corrected chi connectivity index (χ0v) is 13.0. The number of carbonyl (C=O) groups excluding carboxylic acids is 1. The molecule has 20 heavy (non-hydrogen) atoms. The highest BCUT2D eigenvalue weighted by Crippen LogP contribution is 2.34. The lowest BCUT2D eigenvalue weighted by Gasteiger charge is -2.41. The van der Waals surface area contributed by atoms with Crippen LogP contribution in [0.25, 0.3) is 0 Å². The van der Waals surface area contributed by atoms with Crippen molar-refractivity contribution in [1.82, 2.24) is 4.90 Å². The third-order valence-corrected chi connectivity index (χ3v) is 4.72. The molecule has 4 heteroatoms. The molecule has 116 valence electrons. The van der Waals surface area contributed by atoms with Gasteiger partial charge in [-0.2, -0.15) is 0 Å². The van der Waals surface area contributed by atoms with Crippen LogP contribution >= 0.6 is 0 Å². The fourth-order valence-corrected chi connectivity index (χ4v) is 3.72. The Hall–Kier alpha value is -0.610. The van der Waals surface area contributed by atoms with Crippen molar-refractivity contribution in [1.29, 1.82) is 0 Å². The molecule has 2 aliphatic rings. The molecule has 3 atom stereocenters. The number of esters is 1. The summed E-state index contributed by atoms with van der Waals surface area (Å²) in [4.78, 5) is 14.4. The molecule has 1 aliphatic carbocycles. The minimum absolute atomic E-state index is 0.0396. The van der Waals surface area contributed by atoms with E-state index >= 15 is 0 Å². The first-order valence-corrected chi connectivity index (χ1v) is 8.18. The Labute approximate surface area is 122 Å². The Balaban J connectivity index is 1.99. The van der Waals surface area contributed by atoms with Gasteiger partial charge in [0.15, 0.2) is 0 Å². The summed E-state index contributed by atoms with van der Waals surface area (Å²) >= 11 is 0. The molecule has 1 heterocycles. The lowest BCUT2D eigenvalue weighted by atomic mass is 9.77. The summed E-state index contributed by atoms with van der Waals surface area (Å²) in [6.45, 7) is 8.19. The largest absolute Gasteiger partial charge is 0.466 e. The normalized spacial score (nSPS) is 29.9. The second-order valence-corrected chi connectivity index (χ2v) is 6.26. The summed E-state index contributed by atoms with van der Waals surface area (Å²) in [7, 11) is 0. The highest BCUT2D eigenvalue weighted by molar-refractivity contribution is 5.70. The van der Waals surface area contributed by atoms with Crippen molar-refractivity contribution in [3.8, 4) is 0 Å². The first-order chi connectivity index (χ1) is 9.70. The minimum atomic E-state index is -0.0396. The van der Waals surface area contributed by atoms with Crippen LogP contribution in [0, 0.1) is 11.8 Å². The van der Waals surface area contributed by atoms with Crippen molar-refractivity contribution in [3.63, 3.8) is 0 Å². The second-order valence-electron chi connectivity index (χ2n) is 6.26. The Kier molecular flexibility index (Phi) is 6.30. The summed E-state index contributed by atoms with van der Waals surface area (Å²) < 4.78 is 10.6. The first-order valence-electron chi connectivity index (χ1n) is 8.18. The van der Waals surface area contributed by atoms with Crippen molar-refractivity contribution in [2.45, 2.75) is 52.0 Å². The zero-order chi connectivity index (χ0) is 14.4. The van der Waals surface area contributed by atoms with Gasteiger partial charge in [-0.1, -0.05) is 19.8 Å². The van der Waals surface area contributed by atoms with Crippen LogP contribution in [0.5, 0.6) is 0 Å². The highest BCUT2D eigenvalue weighted by Gasteiger charge is 2.33. The van der Waals surface area contributed by atoms with Crippen LogP contribution in [0.1, 0.15) is 46.0 Å². The van der Waals surface area contributed by atoms with Gasteiger partial charge in [-0.25, -0.2) is 0 Å². The van der Waals surface area contributed by atoms with Gasteiger partial charge in [-0.3, -0.25) is 9.69 Å². The van der Waals surface area contributed by atoms with E-state index in [1.54, 1.807) is 0 Å². The summed E-state index contributed by atoms with van der Waals surface area (Å²) in [5.41, 5.74) is 0.